The van der Waals surface area contributed by atoms with Crippen molar-refractivity contribution in [2.24, 2.45) is 0 Å². The van der Waals surface area contributed by atoms with Gasteiger partial charge < -0.3 is 10.1 Å². The molecule has 25 heavy (non-hydrogen) atoms. The quantitative estimate of drug-likeness (QED) is 0.580. The standard InChI is InChI=1S/C20H18N4O/c1-2-21-20-23-22-19-13-10-16(14-24(19)20)15-8-11-18(12-9-15)25-17-6-4-3-5-7-17/h3-14H,2H2,1H3,(H,21,23). The van der Waals surface area contributed by atoms with Crippen LogP contribution in [-0.2, 0) is 0 Å². The molecule has 0 bridgehead atoms. The zero-order valence-electron chi connectivity index (χ0n) is 13.9. The first kappa shape index (κ1) is 15.2. The molecule has 4 rings (SSSR count). The number of nitrogens with one attached hydrogen (secondary N) is 1. The molecule has 0 saturated heterocycles. The Morgan fingerprint density at radius 1 is 0.840 bits per heavy atom. The number of benzene rings is 2. The summed E-state index contributed by atoms with van der Waals surface area (Å²) in [6, 6.07) is 21.8. The van der Waals surface area contributed by atoms with Gasteiger partial charge >= 0.3 is 0 Å². The number of anilines is 1. The maximum atomic E-state index is 5.84. The first-order valence-corrected chi connectivity index (χ1v) is 8.25. The van der Waals surface area contributed by atoms with E-state index in [0.29, 0.717) is 0 Å². The van der Waals surface area contributed by atoms with Crippen LogP contribution in [0.4, 0.5) is 5.95 Å². The second kappa shape index (κ2) is 6.65. The van der Waals surface area contributed by atoms with E-state index in [-0.39, 0.29) is 0 Å². The molecule has 0 radical (unpaired) electrons. The van der Waals surface area contributed by atoms with Gasteiger partial charge in [-0.2, -0.15) is 0 Å². The number of hydrogen-bond acceptors (Lipinski definition) is 4. The van der Waals surface area contributed by atoms with E-state index in [4.69, 9.17) is 4.74 Å². The molecule has 0 atom stereocenters. The number of pyridine rings is 1. The van der Waals surface area contributed by atoms with E-state index in [0.717, 1.165) is 40.8 Å². The van der Waals surface area contributed by atoms with Gasteiger partial charge in [-0.15, -0.1) is 10.2 Å². The fourth-order valence-electron chi connectivity index (χ4n) is 2.68. The number of para-hydroxylation sites is 1. The van der Waals surface area contributed by atoms with Gasteiger partial charge in [-0.25, -0.2) is 0 Å². The summed E-state index contributed by atoms with van der Waals surface area (Å²) in [5, 5.41) is 11.5. The number of ether oxygens (including phenoxy) is 1. The van der Waals surface area contributed by atoms with Crippen molar-refractivity contribution in [3.05, 3.63) is 72.9 Å². The smallest absolute Gasteiger partial charge is 0.229 e. The summed E-state index contributed by atoms with van der Waals surface area (Å²) in [5.74, 6) is 2.40. The molecule has 5 heteroatoms. The number of aromatic nitrogens is 3. The molecule has 124 valence electrons. The topological polar surface area (TPSA) is 51.5 Å². The van der Waals surface area contributed by atoms with Crippen LogP contribution in [0.1, 0.15) is 6.92 Å². The number of fused-ring (bicyclic) bond motifs is 1. The summed E-state index contributed by atoms with van der Waals surface area (Å²) in [4.78, 5) is 0. The van der Waals surface area contributed by atoms with Gasteiger partial charge in [0, 0.05) is 12.7 Å². The number of hydrogen-bond donors (Lipinski definition) is 1. The van der Waals surface area contributed by atoms with Crippen LogP contribution in [-0.4, -0.2) is 21.1 Å². The van der Waals surface area contributed by atoms with Crippen LogP contribution in [0.15, 0.2) is 72.9 Å². The molecular formula is C20H18N4O. The maximum absolute atomic E-state index is 5.84. The van der Waals surface area contributed by atoms with E-state index in [1.165, 1.54) is 0 Å². The van der Waals surface area contributed by atoms with Crippen molar-refractivity contribution >= 4 is 11.6 Å². The lowest BCUT2D eigenvalue weighted by Crippen LogP contribution is -2.01. The summed E-state index contributed by atoms with van der Waals surface area (Å²) in [6.07, 6.45) is 2.04. The molecule has 0 saturated carbocycles. The molecule has 0 unspecified atom stereocenters. The van der Waals surface area contributed by atoms with E-state index < -0.39 is 0 Å². The predicted molar refractivity (Wildman–Crippen MR) is 99.1 cm³/mol. The van der Waals surface area contributed by atoms with Gasteiger partial charge in [0.2, 0.25) is 5.95 Å². The first-order chi connectivity index (χ1) is 12.3. The Kier molecular flexibility index (Phi) is 4.04. The van der Waals surface area contributed by atoms with Crippen LogP contribution in [0, 0.1) is 0 Å². The zero-order valence-corrected chi connectivity index (χ0v) is 13.9. The van der Waals surface area contributed by atoms with E-state index in [1.54, 1.807) is 0 Å². The third-order valence-corrected chi connectivity index (χ3v) is 3.90. The van der Waals surface area contributed by atoms with Crippen LogP contribution in [0.2, 0.25) is 0 Å². The van der Waals surface area contributed by atoms with Gasteiger partial charge in [0.1, 0.15) is 11.5 Å². The van der Waals surface area contributed by atoms with E-state index in [9.17, 15) is 0 Å². The second-order valence-corrected chi connectivity index (χ2v) is 5.64. The average Bonchev–Trinajstić information content (AvgIpc) is 3.06. The molecule has 0 aliphatic carbocycles. The highest BCUT2D eigenvalue weighted by atomic mass is 16.5. The minimum absolute atomic E-state index is 0.753. The Morgan fingerprint density at radius 2 is 1.56 bits per heavy atom. The molecule has 0 fully saturated rings. The highest BCUT2D eigenvalue weighted by Crippen LogP contribution is 2.26. The molecule has 0 aliphatic heterocycles. The van der Waals surface area contributed by atoms with Crippen LogP contribution >= 0.6 is 0 Å². The highest BCUT2D eigenvalue weighted by molar-refractivity contribution is 5.66. The Labute approximate surface area is 145 Å². The highest BCUT2D eigenvalue weighted by Gasteiger charge is 2.06. The van der Waals surface area contributed by atoms with E-state index in [2.05, 4.69) is 27.6 Å². The summed E-state index contributed by atoms with van der Waals surface area (Å²) in [7, 11) is 0. The van der Waals surface area contributed by atoms with Gasteiger partial charge in [-0.3, -0.25) is 4.40 Å². The lowest BCUT2D eigenvalue weighted by Gasteiger charge is -2.08. The molecule has 0 spiro atoms. The molecule has 5 nitrogen and oxygen atoms in total. The summed E-state index contributed by atoms with van der Waals surface area (Å²) in [6.45, 7) is 2.84. The van der Waals surface area contributed by atoms with Crippen LogP contribution in [0.5, 0.6) is 11.5 Å². The van der Waals surface area contributed by atoms with Crippen molar-refractivity contribution in [2.45, 2.75) is 6.92 Å². The largest absolute Gasteiger partial charge is 0.457 e. The first-order valence-electron chi connectivity index (χ1n) is 8.25. The van der Waals surface area contributed by atoms with Crippen molar-refractivity contribution in [3.63, 3.8) is 0 Å². The van der Waals surface area contributed by atoms with Crippen LogP contribution in [0.3, 0.4) is 0 Å². The lowest BCUT2D eigenvalue weighted by atomic mass is 10.1. The predicted octanol–water partition coefficient (Wildman–Crippen LogP) is 4.62. The Balaban J connectivity index is 1.61. The zero-order chi connectivity index (χ0) is 17.1. The molecule has 1 N–H and O–H groups in total. The Bertz CT molecular complexity index is 978. The normalized spacial score (nSPS) is 10.8. The SMILES string of the molecule is CCNc1nnc2ccc(-c3ccc(Oc4ccccc4)cc3)cn12. The lowest BCUT2D eigenvalue weighted by molar-refractivity contribution is 0.483. The summed E-state index contributed by atoms with van der Waals surface area (Å²) < 4.78 is 7.81. The van der Waals surface area contributed by atoms with Gasteiger partial charge in [0.05, 0.1) is 0 Å². The fourth-order valence-corrected chi connectivity index (χ4v) is 2.68. The third-order valence-electron chi connectivity index (χ3n) is 3.90. The third kappa shape index (κ3) is 3.17. The molecule has 0 aliphatic rings. The van der Waals surface area contributed by atoms with E-state index in [1.807, 2.05) is 72.1 Å². The van der Waals surface area contributed by atoms with Gasteiger partial charge in [-0.1, -0.05) is 30.3 Å². The summed E-state index contributed by atoms with van der Waals surface area (Å²) in [5.41, 5.74) is 3.03. The second-order valence-electron chi connectivity index (χ2n) is 5.64. The van der Waals surface area contributed by atoms with Crippen molar-refractivity contribution in [2.75, 3.05) is 11.9 Å². The van der Waals surface area contributed by atoms with Crippen molar-refractivity contribution in [1.29, 1.82) is 0 Å². The minimum Gasteiger partial charge on any atom is -0.457 e. The number of rotatable bonds is 5. The maximum Gasteiger partial charge on any atom is 0.229 e. The van der Waals surface area contributed by atoms with Gasteiger partial charge in [0.15, 0.2) is 5.65 Å². The van der Waals surface area contributed by atoms with Gasteiger partial charge in [-0.05, 0) is 54.4 Å². The average molecular weight is 330 g/mol. The van der Waals surface area contributed by atoms with Crippen molar-refractivity contribution in [3.8, 4) is 22.6 Å². The molecular weight excluding hydrogens is 312 g/mol. The monoisotopic (exact) mass is 330 g/mol. The minimum atomic E-state index is 0.753. The summed E-state index contributed by atoms with van der Waals surface area (Å²) >= 11 is 0. The molecule has 4 aromatic rings. The van der Waals surface area contributed by atoms with Crippen molar-refractivity contribution in [1.82, 2.24) is 14.6 Å². The Morgan fingerprint density at radius 3 is 2.32 bits per heavy atom. The fraction of sp³-hybridized carbons (Fsp3) is 0.100. The van der Waals surface area contributed by atoms with Gasteiger partial charge in [0.25, 0.3) is 0 Å². The molecule has 2 aromatic heterocycles. The molecule has 2 aromatic carbocycles. The van der Waals surface area contributed by atoms with Crippen LogP contribution in [0.25, 0.3) is 16.8 Å². The van der Waals surface area contributed by atoms with Crippen molar-refractivity contribution < 1.29 is 4.74 Å². The van der Waals surface area contributed by atoms with E-state index >= 15 is 0 Å². The molecule has 2 heterocycles. The molecule has 0 amide bonds. The Hall–Kier alpha value is -3.34. The van der Waals surface area contributed by atoms with Crippen LogP contribution < -0.4 is 10.1 Å². The number of nitrogens with zero attached hydrogens (tertiary/aromatic N) is 3.